The van der Waals surface area contributed by atoms with Crippen LogP contribution in [0.1, 0.15) is 45.3 Å². The van der Waals surface area contributed by atoms with E-state index in [0.29, 0.717) is 22.8 Å². The van der Waals surface area contributed by atoms with Gasteiger partial charge in [-0.05, 0) is 69.5 Å². The first-order chi connectivity index (χ1) is 11.5. The molecule has 8 heteroatoms. The minimum atomic E-state index is -1.90. The van der Waals surface area contributed by atoms with Crippen LogP contribution in [-0.4, -0.2) is 17.9 Å². The van der Waals surface area contributed by atoms with Crippen LogP contribution in [0.2, 0.25) is 23.3 Å². The van der Waals surface area contributed by atoms with E-state index in [1.165, 1.54) is 0 Å². The van der Waals surface area contributed by atoms with Gasteiger partial charge in [-0.3, -0.25) is 0 Å². The van der Waals surface area contributed by atoms with E-state index in [1.54, 1.807) is 0 Å². The first-order valence-electron chi connectivity index (χ1n) is 8.32. The number of nitrogens with zero attached hydrogens (tertiary/aromatic N) is 2. The molecule has 2 heterocycles. The topological polar surface area (TPSA) is 27.1 Å². The Kier molecular flexibility index (Phi) is 5.39. The van der Waals surface area contributed by atoms with Crippen molar-refractivity contribution in [2.24, 2.45) is 0 Å². The highest BCUT2D eigenvalue weighted by molar-refractivity contribution is 14.1. The molecule has 1 aliphatic carbocycles. The maximum atomic E-state index is 14.8. The summed E-state index contributed by atoms with van der Waals surface area (Å²) in [7, 11) is -1.90. The lowest BCUT2D eigenvalue weighted by atomic mass is 10.2. The molecule has 0 bridgehead atoms. The fourth-order valence-electron chi connectivity index (χ4n) is 2.64. The third-order valence-corrected chi connectivity index (χ3v) is 11.8. The van der Waals surface area contributed by atoms with Gasteiger partial charge in [0.25, 0.3) is 0 Å². The van der Waals surface area contributed by atoms with Gasteiger partial charge >= 0.3 is 0 Å². The molecular weight excluding hydrogens is 538 g/mol. The Morgan fingerprint density at radius 1 is 1.40 bits per heavy atom. The van der Waals surface area contributed by atoms with E-state index >= 15 is 0 Å². The second-order valence-electron chi connectivity index (χ2n) is 8.14. The first kappa shape index (κ1) is 20.0. The van der Waals surface area contributed by atoms with Gasteiger partial charge in [-0.25, -0.2) is 9.37 Å². The summed E-state index contributed by atoms with van der Waals surface area (Å²) in [5.41, 5.74) is 1.58. The zero-order valence-electron chi connectivity index (χ0n) is 15.0. The predicted octanol–water partition coefficient (Wildman–Crippen LogP) is 7.05. The van der Waals surface area contributed by atoms with E-state index in [0.717, 1.165) is 27.5 Å². The Balaban J connectivity index is 2.13. The molecule has 0 saturated heterocycles. The summed E-state index contributed by atoms with van der Waals surface area (Å²) in [4.78, 5) is 4.10. The van der Waals surface area contributed by atoms with Gasteiger partial charge in [0.2, 0.25) is 0 Å². The zero-order chi connectivity index (χ0) is 18.7. The molecule has 3 rings (SSSR count). The van der Waals surface area contributed by atoms with Crippen molar-refractivity contribution in [1.82, 2.24) is 9.55 Å². The number of hydrogen-bond acceptors (Lipinski definition) is 2. The van der Waals surface area contributed by atoms with E-state index in [9.17, 15) is 4.39 Å². The molecule has 0 radical (unpaired) electrons. The summed E-state index contributed by atoms with van der Waals surface area (Å²) in [6.45, 7) is 11.6. The average Bonchev–Trinajstić information content (AvgIpc) is 3.26. The van der Waals surface area contributed by atoms with Gasteiger partial charge in [-0.2, -0.15) is 0 Å². The van der Waals surface area contributed by atoms with Gasteiger partial charge < -0.3 is 8.99 Å². The van der Waals surface area contributed by atoms with Gasteiger partial charge in [0, 0.05) is 15.0 Å². The Labute approximate surface area is 176 Å². The smallest absolute Gasteiger partial charge is 0.192 e. The number of fused-ring (bicyclic) bond motifs is 1. The standard InChI is InChI=1S/C17H22BrClFIN2OSi/c1-17(2,3)25(4,5)24-8-10-13(21)11-14(23(10)9-6-7-9)12(20)16(19)22-15(11)18/h9H,6-8H2,1-5H3. The number of rotatable bonds is 4. The fraction of sp³-hybridized carbons (Fsp3) is 0.588. The van der Waals surface area contributed by atoms with Crippen LogP contribution >= 0.6 is 50.1 Å². The largest absolute Gasteiger partial charge is 0.411 e. The maximum absolute atomic E-state index is 14.8. The molecule has 0 spiro atoms. The molecule has 0 N–H and O–H groups in total. The Morgan fingerprint density at radius 2 is 2.00 bits per heavy atom. The molecule has 0 aromatic carbocycles. The van der Waals surface area contributed by atoms with Gasteiger partial charge in [-0.1, -0.05) is 32.4 Å². The highest BCUT2D eigenvalue weighted by Crippen LogP contribution is 2.45. The molecule has 138 valence electrons. The lowest BCUT2D eigenvalue weighted by Crippen LogP contribution is -2.40. The normalized spacial score (nSPS) is 16.0. The molecule has 0 atom stereocenters. The second-order valence-corrected chi connectivity index (χ2v) is 15.1. The van der Waals surface area contributed by atoms with Crippen molar-refractivity contribution in [3.63, 3.8) is 0 Å². The SMILES string of the molecule is CC(C)(C)[Si](C)(C)OCc1c(I)c2c(Br)nc(Cl)c(F)c2n1C1CC1. The lowest BCUT2D eigenvalue weighted by molar-refractivity contribution is 0.266. The summed E-state index contributed by atoms with van der Waals surface area (Å²) in [6.07, 6.45) is 2.12. The Hall–Kier alpha value is 0.297. The van der Waals surface area contributed by atoms with Crippen LogP contribution < -0.4 is 0 Å². The van der Waals surface area contributed by atoms with E-state index in [1.807, 2.05) is 0 Å². The summed E-state index contributed by atoms with van der Waals surface area (Å²) in [5, 5.41) is 0.834. The minimum absolute atomic E-state index is 0.0907. The van der Waals surface area contributed by atoms with E-state index in [2.05, 4.69) is 81.9 Å². The Bertz CT molecular complexity index is 846. The highest BCUT2D eigenvalue weighted by Gasteiger charge is 2.39. The van der Waals surface area contributed by atoms with Crippen molar-refractivity contribution in [2.75, 3.05) is 0 Å². The van der Waals surface area contributed by atoms with Crippen LogP contribution in [0.5, 0.6) is 0 Å². The van der Waals surface area contributed by atoms with E-state index < -0.39 is 14.1 Å². The number of pyridine rings is 1. The Morgan fingerprint density at radius 3 is 2.52 bits per heavy atom. The van der Waals surface area contributed by atoms with Crippen molar-refractivity contribution in [3.05, 3.63) is 24.8 Å². The molecule has 0 aliphatic heterocycles. The summed E-state index contributed by atoms with van der Waals surface area (Å²) in [6, 6.07) is 0.323. The van der Waals surface area contributed by atoms with Crippen molar-refractivity contribution in [1.29, 1.82) is 0 Å². The van der Waals surface area contributed by atoms with Crippen LogP contribution in [-0.2, 0) is 11.0 Å². The fourth-order valence-corrected chi connectivity index (χ4v) is 5.70. The average molecular weight is 560 g/mol. The van der Waals surface area contributed by atoms with Crippen LogP contribution in [0.4, 0.5) is 4.39 Å². The van der Waals surface area contributed by atoms with Crippen molar-refractivity contribution < 1.29 is 8.82 Å². The minimum Gasteiger partial charge on any atom is -0.411 e. The zero-order valence-corrected chi connectivity index (χ0v) is 20.5. The summed E-state index contributed by atoms with van der Waals surface area (Å²) >= 11 is 11.7. The van der Waals surface area contributed by atoms with Gasteiger partial charge in [0.05, 0.1) is 17.8 Å². The van der Waals surface area contributed by atoms with E-state index in [-0.39, 0.29) is 10.2 Å². The molecule has 1 aliphatic rings. The molecule has 1 saturated carbocycles. The summed E-state index contributed by atoms with van der Waals surface area (Å²) in [5.74, 6) is -0.441. The predicted molar refractivity (Wildman–Crippen MR) is 115 cm³/mol. The molecule has 1 fully saturated rings. The maximum Gasteiger partial charge on any atom is 0.192 e. The quantitative estimate of drug-likeness (QED) is 0.228. The van der Waals surface area contributed by atoms with Gasteiger partial charge in [0.1, 0.15) is 4.60 Å². The number of hydrogen-bond donors (Lipinski definition) is 0. The molecule has 2 aromatic rings. The molecule has 3 nitrogen and oxygen atoms in total. The molecule has 0 unspecified atom stereocenters. The van der Waals surface area contributed by atoms with Crippen molar-refractivity contribution in [3.8, 4) is 0 Å². The van der Waals surface area contributed by atoms with Crippen LogP contribution in [0.3, 0.4) is 0 Å². The van der Waals surface area contributed by atoms with Crippen molar-refractivity contribution in [2.45, 2.75) is 64.4 Å². The van der Waals surface area contributed by atoms with Crippen LogP contribution in [0, 0.1) is 9.39 Å². The van der Waals surface area contributed by atoms with Crippen molar-refractivity contribution >= 4 is 69.3 Å². The third-order valence-electron chi connectivity index (χ3n) is 5.32. The molecular formula is C17H22BrClFIN2OSi. The second kappa shape index (κ2) is 6.72. The van der Waals surface area contributed by atoms with Crippen LogP contribution in [0.25, 0.3) is 10.9 Å². The lowest BCUT2D eigenvalue weighted by Gasteiger charge is -2.36. The molecule has 2 aromatic heterocycles. The summed E-state index contributed by atoms with van der Waals surface area (Å²) < 4.78 is 24.9. The molecule has 0 amide bonds. The highest BCUT2D eigenvalue weighted by atomic mass is 127. The first-order valence-corrected chi connectivity index (χ1v) is 13.5. The van der Waals surface area contributed by atoms with Crippen LogP contribution in [0.15, 0.2) is 4.60 Å². The number of aromatic nitrogens is 2. The molecule has 25 heavy (non-hydrogen) atoms. The van der Waals surface area contributed by atoms with Gasteiger partial charge in [-0.15, -0.1) is 0 Å². The number of halogens is 4. The van der Waals surface area contributed by atoms with E-state index in [4.69, 9.17) is 16.0 Å². The monoisotopic (exact) mass is 558 g/mol. The third kappa shape index (κ3) is 3.55. The van der Waals surface area contributed by atoms with Gasteiger partial charge in [0.15, 0.2) is 19.3 Å².